The minimum Gasteiger partial charge on any atom is -0.487 e. The Balaban J connectivity index is 1.36. The molecule has 6 nitrogen and oxygen atoms in total. The van der Waals surface area contributed by atoms with Gasteiger partial charge in [0, 0.05) is 25.1 Å². The fourth-order valence-corrected chi connectivity index (χ4v) is 5.63. The minimum atomic E-state index is -0.834. The molecule has 2 fully saturated rings. The first kappa shape index (κ1) is 19.9. The fraction of sp³-hybridized carbons (Fsp3) is 0.440. The SMILES string of the molecule is NC(=O)C1(c2ccccc2)CCN(C(=O)NC2CC3(CCCC3)Oc3ccccc32)C1. The number of para-hydroxylation sites is 1. The van der Waals surface area contributed by atoms with Crippen LogP contribution in [-0.4, -0.2) is 35.5 Å². The highest BCUT2D eigenvalue weighted by atomic mass is 16.5. The summed E-state index contributed by atoms with van der Waals surface area (Å²) in [5, 5.41) is 3.25. The van der Waals surface area contributed by atoms with Gasteiger partial charge in [-0.1, -0.05) is 48.5 Å². The van der Waals surface area contributed by atoms with E-state index in [1.54, 1.807) is 4.90 Å². The summed E-state index contributed by atoms with van der Waals surface area (Å²) < 4.78 is 6.41. The Hall–Kier alpha value is -3.02. The van der Waals surface area contributed by atoms with Crippen molar-refractivity contribution in [1.82, 2.24) is 10.2 Å². The number of carbonyl (C=O) groups excluding carboxylic acids is 2. The van der Waals surface area contributed by atoms with Crippen molar-refractivity contribution in [2.45, 2.75) is 55.6 Å². The third-order valence-electron chi connectivity index (χ3n) is 7.36. The van der Waals surface area contributed by atoms with E-state index in [2.05, 4.69) is 5.32 Å². The first-order chi connectivity index (χ1) is 15.0. The lowest BCUT2D eigenvalue weighted by Crippen LogP contribution is -2.49. The Morgan fingerprint density at radius 3 is 2.45 bits per heavy atom. The summed E-state index contributed by atoms with van der Waals surface area (Å²) in [4.78, 5) is 27.5. The number of nitrogens with two attached hydrogens (primary N) is 1. The third-order valence-corrected chi connectivity index (χ3v) is 7.36. The van der Waals surface area contributed by atoms with E-state index in [0.717, 1.165) is 49.0 Å². The number of nitrogens with zero attached hydrogens (tertiary/aromatic N) is 1. The van der Waals surface area contributed by atoms with Crippen LogP contribution < -0.4 is 15.8 Å². The first-order valence-electron chi connectivity index (χ1n) is 11.2. The third kappa shape index (κ3) is 3.44. The summed E-state index contributed by atoms with van der Waals surface area (Å²) >= 11 is 0. The van der Waals surface area contributed by atoms with Crippen molar-refractivity contribution in [1.29, 1.82) is 0 Å². The quantitative estimate of drug-likeness (QED) is 0.796. The second kappa shape index (κ2) is 7.59. The van der Waals surface area contributed by atoms with Crippen molar-refractivity contribution >= 4 is 11.9 Å². The van der Waals surface area contributed by atoms with Crippen LogP contribution >= 0.6 is 0 Å². The molecule has 0 aromatic heterocycles. The van der Waals surface area contributed by atoms with E-state index >= 15 is 0 Å². The average molecular weight is 420 g/mol. The molecular weight excluding hydrogens is 390 g/mol. The maximum atomic E-state index is 13.3. The molecule has 2 aromatic rings. The Bertz CT molecular complexity index is 987. The number of hydrogen-bond acceptors (Lipinski definition) is 3. The highest BCUT2D eigenvalue weighted by molar-refractivity contribution is 5.89. The van der Waals surface area contributed by atoms with Gasteiger partial charge in [0.2, 0.25) is 5.91 Å². The van der Waals surface area contributed by atoms with Crippen molar-refractivity contribution < 1.29 is 14.3 Å². The fourth-order valence-electron chi connectivity index (χ4n) is 5.63. The smallest absolute Gasteiger partial charge is 0.317 e. The summed E-state index contributed by atoms with van der Waals surface area (Å²) in [6.07, 6.45) is 5.68. The Kier molecular flexibility index (Phi) is 4.88. The Morgan fingerprint density at radius 1 is 1.00 bits per heavy atom. The van der Waals surface area contributed by atoms with Crippen molar-refractivity contribution in [2.75, 3.05) is 13.1 Å². The monoisotopic (exact) mass is 419 g/mol. The number of rotatable bonds is 3. The van der Waals surface area contributed by atoms with Crippen LogP contribution in [0.1, 0.15) is 55.7 Å². The standard InChI is InChI=1S/C25H29N3O3/c26-22(29)25(18-8-2-1-3-9-18)14-15-28(17-25)23(30)27-20-16-24(12-6-7-13-24)31-21-11-5-4-10-19(20)21/h1-5,8-11,20H,6-7,12-17H2,(H2,26,29)(H,27,30). The second-order valence-corrected chi connectivity index (χ2v) is 9.22. The van der Waals surface area contributed by atoms with Gasteiger partial charge in [0.05, 0.1) is 11.5 Å². The molecule has 1 saturated heterocycles. The van der Waals surface area contributed by atoms with Gasteiger partial charge in [-0.15, -0.1) is 0 Å². The Morgan fingerprint density at radius 2 is 1.71 bits per heavy atom. The van der Waals surface area contributed by atoms with Crippen LogP contribution in [0.15, 0.2) is 54.6 Å². The molecule has 3 aliphatic rings. The zero-order chi connectivity index (χ0) is 21.5. The van der Waals surface area contributed by atoms with E-state index in [-0.39, 0.29) is 23.6 Å². The van der Waals surface area contributed by atoms with Crippen LogP contribution in [0.5, 0.6) is 5.75 Å². The van der Waals surface area contributed by atoms with Crippen LogP contribution in [0.3, 0.4) is 0 Å². The molecule has 1 saturated carbocycles. The summed E-state index contributed by atoms with van der Waals surface area (Å²) in [6.45, 7) is 0.799. The minimum absolute atomic E-state index is 0.101. The summed E-state index contributed by atoms with van der Waals surface area (Å²) in [5.41, 5.74) is 6.72. The van der Waals surface area contributed by atoms with Gasteiger partial charge in [-0.05, 0) is 43.7 Å². The van der Waals surface area contributed by atoms with Gasteiger partial charge in [0.1, 0.15) is 11.4 Å². The van der Waals surface area contributed by atoms with Crippen molar-refractivity contribution in [3.8, 4) is 5.75 Å². The average Bonchev–Trinajstić information content (AvgIpc) is 3.43. The number of benzene rings is 2. The number of carbonyl (C=O) groups is 2. The van der Waals surface area contributed by atoms with Gasteiger partial charge in [-0.3, -0.25) is 4.79 Å². The molecule has 2 aliphatic heterocycles. The van der Waals surface area contributed by atoms with E-state index in [9.17, 15) is 9.59 Å². The zero-order valence-electron chi connectivity index (χ0n) is 17.7. The molecule has 2 aromatic carbocycles. The second-order valence-electron chi connectivity index (χ2n) is 9.22. The lowest BCUT2D eigenvalue weighted by molar-refractivity contribution is -0.123. The highest BCUT2D eigenvalue weighted by Gasteiger charge is 2.47. The van der Waals surface area contributed by atoms with Crippen molar-refractivity contribution in [3.05, 3.63) is 65.7 Å². The molecule has 2 atom stereocenters. The molecule has 2 heterocycles. The number of nitrogens with one attached hydrogen (secondary N) is 1. The van der Waals surface area contributed by atoms with Crippen LogP contribution in [0, 0.1) is 0 Å². The predicted molar refractivity (Wildman–Crippen MR) is 118 cm³/mol. The molecule has 6 heteroatoms. The largest absolute Gasteiger partial charge is 0.487 e. The maximum absolute atomic E-state index is 13.3. The zero-order valence-corrected chi connectivity index (χ0v) is 17.7. The number of ether oxygens (including phenoxy) is 1. The van der Waals surface area contributed by atoms with E-state index < -0.39 is 5.41 Å². The topological polar surface area (TPSA) is 84.7 Å². The lowest BCUT2D eigenvalue weighted by atomic mass is 9.79. The van der Waals surface area contributed by atoms with Crippen LogP contribution in [0.4, 0.5) is 4.79 Å². The van der Waals surface area contributed by atoms with Gasteiger partial charge >= 0.3 is 6.03 Å². The molecule has 162 valence electrons. The molecule has 5 rings (SSSR count). The summed E-state index contributed by atoms with van der Waals surface area (Å²) in [5.74, 6) is 0.494. The maximum Gasteiger partial charge on any atom is 0.317 e. The van der Waals surface area contributed by atoms with E-state index in [1.165, 1.54) is 0 Å². The van der Waals surface area contributed by atoms with Gasteiger partial charge < -0.3 is 20.7 Å². The Labute approximate surface area is 182 Å². The number of likely N-dealkylation sites (tertiary alicyclic amines) is 1. The number of primary amides is 1. The predicted octanol–water partition coefficient (Wildman–Crippen LogP) is 3.66. The van der Waals surface area contributed by atoms with Gasteiger partial charge in [-0.2, -0.15) is 0 Å². The number of urea groups is 1. The number of amides is 3. The van der Waals surface area contributed by atoms with Crippen LogP contribution in [0.2, 0.25) is 0 Å². The molecule has 0 bridgehead atoms. The number of hydrogen-bond donors (Lipinski definition) is 2. The molecule has 1 spiro atoms. The van der Waals surface area contributed by atoms with E-state index in [4.69, 9.17) is 10.5 Å². The van der Waals surface area contributed by atoms with Gasteiger partial charge in [-0.25, -0.2) is 4.79 Å². The summed E-state index contributed by atoms with van der Waals surface area (Å²) in [6, 6.07) is 17.3. The first-order valence-corrected chi connectivity index (χ1v) is 11.2. The molecule has 31 heavy (non-hydrogen) atoms. The van der Waals surface area contributed by atoms with Gasteiger partial charge in [0.25, 0.3) is 0 Å². The molecule has 2 unspecified atom stereocenters. The highest BCUT2D eigenvalue weighted by Crippen LogP contribution is 2.47. The van der Waals surface area contributed by atoms with Gasteiger partial charge in [0.15, 0.2) is 0 Å². The number of fused-ring (bicyclic) bond motifs is 1. The van der Waals surface area contributed by atoms with Crippen LogP contribution in [-0.2, 0) is 10.2 Å². The van der Waals surface area contributed by atoms with Crippen molar-refractivity contribution in [2.24, 2.45) is 5.73 Å². The van der Waals surface area contributed by atoms with Crippen LogP contribution in [0.25, 0.3) is 0 Å². The molecule has 3 N–H and O–H groups in total. The normalized spacial score (nSPS) is 26.3. The van der Waals surface area contributed by atoms with E-state index in [0.29, 0.717) is 19.5 Å². The molecule has 1 aliphatic carbocycles. The van der Waals surface area contributed by atoms with Crippen molar-refractivity contribution in [3.63, 3.8) is 0 Å². The molecule has 3 amide bonds. The lowest BCUT2D eigenvalue weighted by Gasteiger charge is -2.40. The summed E-state index contributed by atoms with van der Waals surface area (Å²) in [7, 11) is 0. The molecule has 0 radical (unpaired) electrons. The molecular formula is C25H29N3O3. The van der Waals surface area contributed by atoms with E-state index in [1.807, 2.05) is 54.6 Å².